The van der Waals surface area contributed by atoms with E-state index >= 15 is 0 Å². The van der Waals surface area contributed by atoms with Crippen molar-refractivity contribution in [3.63, 3.8) is 0 Å². The molecule has 84 valence electrons. The summed E-state index contributed by atoms with van der Waals surface area (Å²) in [4.78, 5) is 3.55. The Bertz CT molecular complexity index is 525. The highest BCUT2D eigenvalue weighted by molar-refractivity contribution is 5.85. The molecule has 1 atom stereocenters. The van der Waals surface area contributed by atoms with Crippen LogP contribution < -0.4 is 5.32 Å². The molecule has 0 saturated heterocycles. The summed E-state index contributed by atoms with van der Waals surface area (Å²) in [6.07, 6.45) is 2.26. The molecule has 1 unspecified atom stereocenters. The number of aryl methyl sites for hydroxylation is 1. The zero-order valence-corrected chi connectivity index (χ0v) is 9.93. The number of rotatable bonds is 1. The summed E-state index contributed by atoms with van der Waals surface area (Å²) >= 11 is 0. The van der Waals surface area contributed by atoms with Gasteiger partial charge in [-0.15, -0.1) is 0 Å². The molecule has 2 heteroatoms. The van der Waals surface area contributed by atoms with Gasteiger partial charge >= 0.3 is 0 Å². The lowest BCUT2D eigenvalue weighted by Crippen LogP contribution is -2.27. The first-order valence-electron chi connectivity index (χ1n) is 6.16. The molecule has 2 N–H and O–H groups in total. The Labute approximate surface area is 96.1 Å². The molecule has 2 nitrogen and oxygen atoms in total. The number of fused-ring (bicyclic) bond motifs is 3. The second-order valence-electron chi connectivity index (χ2n) is 4.68. The second kappa shape index (κ2) is 3.63. The van der Waals surface area contributed by atoms with Crippen molar-refractivity contribution in [2.75, 3.05) is 6.54 Å². The smallest absolute Gasteiger partial charge is 0.0459 e. The van der Waals surface area contributed by atoms with Crippen LogP contribution >= 0.6 is 0 Å². The first-order chi connectivity index (χ1) is 7.79. The zero-order valence-electron chi connectivity index (χ0n) is 9.93. The van der Waals surface area contributed by atoms with Gasteiger partial charge in [0.05, 0.1) is 0 Å². The molecular formula is C14H18N2. The van der Waals surface area contributed by atoms with Gasteiger partial charge in [-0.25, -0.2) is 0 Å². The number of nitrogens with one attached hydrogen (secondary N) is 2. The van der Waals surface area contributed by atoms with E-state index in [0.717, 1.165) is 19.4 Å². The summed E-state index contributed by atoms with van der Waals surface area (Å²) in [5, 5.41) is 4.93. The minimum Gasteiger partial charge on any atom is -0.357 e. The highest BCUT2D eigenvalue weighted by atomic mass is 15.0. The van der Waals surface area contributed by atoms with E-state index in [9.17, 15) is 0 Å². The fourth-order valence-electron chi connectivity index (χ4n) is 2.69. The first-order valence-corrected chi connectivity index (χ1v) is 6.16. The van der Waals surface area contributed by atoms with Crippen LogP contribution in [0.4, 0.5) is 0 Å². The third-order valence-corrected chi connectivity index (χ3v) is 3.67. The van der Waals surface area contributed by atoms with Gasteiger partial charge in [-0.1, -0.05) is 13.0 Å². The van der Waals surface area contributed by atoms with Crippen LogP contribution in [-0.4, -0.2) is 11.5 Å². The second-order valence-corrected chi connectivity index (χ2v) is 4.68. The summed E-state index contributed by atoms with van der Waals surface area (Å²) in [6, 6.07) is 7.26. The maximum Gasteiger partial charge on any atom is 0.0459 e. The molecule has 1 aliphatic rings. The van der Waals surface area contributed by atoms with Gasteiger partial charge in [0.25, 0.3) is 0 Å². The van der Waals surface area contributed by atoms with Gasteiger partial charge in [0, 0.05) is 22.6 Å². The highest BCUT2D eigenvalue weighted by Crippen LogP contribution is 2.30. The SMILES string of the molecule is CCc1ccc2[nH]c3c(c2c1)CCNC3C. The topological polar surface area (TPSA) is 27.8 Å². The van der Waals surface area contributed by atoms with E-state index in [-0.39, 0.29) is 0 Å². The van der Waals surface area contributed by atoms with Gasteiger partial charge in [0.2, 0.25) is 0 Å². The maximum atomic E-state index is 3.55. The van der Waals surface area contributed by atoms with Gasteiger partial charge in [-0.05, 0) is 49.6 Å². The zero-order chi connectivity index (χ0) is 11.1. The summed E-state index contributed by atoms with van der Waals surface area (Å²) in [7, 11) is 0. The molecule has 2 heterocycles. The van der Waals surface area contributed by atoms with E-state index in [1.165, 1.54) is 27.7 Å². The average molecular weight is 214 g/mol. The molecule has 0 amide bonds. The predicted molar refractivity (Wildman–Crippen MR) is 67.8 cm³/mol. The van der Waals surface area contributed by atoms with E-state index in [1.54, 1.807) is 0 Å². The minimum absolute atomic E-state index is 0.459. The molecule has 1 aromatic heterocycles. The lowest BCUT2D eigenvalue weighted by Gasteiger charge is -2.20. The van der Waals surface area contributed by atoms with E-state index < -0.39 is 0 Å². The van der Waals surface area contributed by atoms with Gasteiger partial charge in [0.15, 0.2) is 0 Å². The predicted octanol–water partition coefficient (Wildman–Crippen LogP) is 2.94. The van der Waals surface area contributed by atoms with Crippen molar-refractivity contribution in [3.05, 3.63) is 35.0 Å². The van der Waals surface area contributed by atoms with Crippen LogP contribution in [0.3, 0.4) is 0 Å². The van der Waals surface area contributed by atoms with Crippen LogP contribution in [0.5, 0.6) is 0 Å². The Kier molecular flexibility index (Phi) is 2.25. The van der Waals surface area contributed by atoms with Gasteiger partial charge in [0.1, 0.15) is 0 Å². The fraction of sp³-hybridized carbons (Fsp3) is 0.429. The molecule has 2 aromatic rings. The molecule has 1 aliphatic heterocycles. The number of hydrogen-bond donors (Lipinski definition) is 2. The monoisotopic (exact) mass is 214 g/mol. The molecule has 1 aromatic carbocycles. The molecule has 0 saturated carbocycles. The van der Waals surface area contributed by atoms with Gasteiger partial charge in [-0.3, -0.25) is 0 Å². The molecule has 3 rings (SSSR count). The number of aromatic amines is 1. The van der Waals surface area contributed by atoms with Gasteiger partial charge < -0.3 is 10.3 Å². The standard InChI is InChI=1S/C14H18N2/c1-3-10-4-5-13-12(8-10)11-6-7-15-9(2)14(11)16-13/h4-5,8-9,15-16H,3,6-7H2,1-2H3. The molecular weight excluding hydrogens is 196 g/mol. The van der Waals surface area contributed by atoms with Crippen molar-refractivity contribution in [2.24, 2.45) is 0 Å². The number of hydrogen-bond acceptors (Lipinski definition) is 1. The van der Waals surface area contributed by atoms with Crippen LogP contribution in [0.15, 0.2) is 18.2 Å². The summed E-state index contributed by atoms with van der Waals surface area (Å²) < 4.78 is 0. The molecule has 0 bridgehead atoms. The Morgan fingerprint density at radius 2 is 2.25 bits per heavy atom. The molecule has 0 radical (unpaired) electrons. The van der Waals surface area contributed by atoms with Crippen LogP contribution in [0.1, 0.15) is 36.7 Å². The number of benzene rings is 1. The molecule has 0 fully saturated rings. The van der Waals surface area contributed by atoms with Crippen LogP contribution in [0, 0.1) is 0 Å². The normalized spacial score (nSPS) is 20.0. The first kappa shape index (κ1) is 9.91. The van der Waals surface area contributed by atoms with E-state index in [1.807, 2.05) is 0 Å². The molecule has 0 aliphatic carbocycles. The summed E-state index contributed by atoms with van der Waals surface area (Å²) in [5.41, 5.74) is 5.63. The van der Waals surface area contributed by atoms with Crippen LogP contribution in [0.2, 0.25) is 0 Å². The summed E-state index contributed by atoms with van der Waals surface area (Å²) in [6.45, 7) is 5.54. The van der Waals surface area contributed by atoms with Crippen molar-refractivity contribution in [3.8, 4) is 0 Å². The fourth-order valence-corrected chi connectivity index (χ4v) is 2.69. The summed E-state index contributed by atoms with van der Waals surface area (Å²) in [5.74, 6) is 0. The number of aromatic nitrogens is 1. The van der Waals surface area contributed by atoms with Crippen molar-refractivity contribution in [1.82, 2.24) is 10.3 Å². The quantitative estimate of drug-likeness (QED) is 0.750. The Morgan fingerprint density at radius 1 is 1.38 bits per heavy atom. The highest BCUT2D eigenvalue weighted by Gasteiger charge is 2.20. The third kappa shape index (κ3) is 1.37. The van der Waals surface area contributed by atoms with E-state index in [0.29, 0.717) is 6.04 Å². The third-order valence-electron chi connectivity index (χ3n) is 3.67. The van der Waals surface area contributed by atoms with Crippen molar-refractivity contribution in [1.29, 1.82) is 0 Å². The van der Waals surface area contributed by atoms with Crippen LogP contribution in [-0.2, 0) is 12.8 Å². The Balaban J connectivity index is 2.25. The van der Waals surface area contributed by atoms with E-state index in [4.69, 9.17) is 0 Å². The average Bonchev–Trinajstić information content (AvgIpc) is 2.68. The van der Waals surface area contributed by atoms with Crippen molar-refractivity contribution >= 4 is 10.9 Å². The molecule has 16 heavy (non-hydrogen) atoms. The number of H-pyrrole nitrogens is 1. The molecule has 0 spiro atoms. The largest absolute Gasteiger partial charge is 0.357 e. The van der Waals surface area contributed by atoms with Gasteiger partial charge in [-0.2, -0.15) is 0 Å². The lowest BCUT2D eigenvalue weighted by atomic mass is 9.99. The Hall–Kier alpha value is -1.28. The Morgan fingerprint density at radius 3 is 3.06 bits per heavy atom. The maximum absolute atomic E-state index is 3.55. The van der Waals surface area contributed by atoms with Crippen molar-refractivity contribution < 1.29 is 0 Å². The van der Waals surface area contributed by atoms with Crippen molar-refractivity contribution in [2.45, 2.75) is 32.7 Å². The lowest BCUT2D eigenvalue weighted by molar-refractivity contribution is 0.533. The van der Waals surface area contributed by atoms with E-state index in [2.05, 4.69) is 42.3 Å². The minimum atomic E-state index is 0.459. The van der Waals surface area contributed by atoms with Crippen LogP contribution in [0.25, 0.3) is 10.9 Å².